The Labute approximate surface area is 159 Å². The van der Waals surface area contributed by atoms with E-state index in [2.05, 4.69) is 41.1 Å². The zero-order valence-electron chi connectivity index (χ0n) is 14.1. The fourth-order valence-electron chi connectivity index (χ4n) is 3.36. The van der Waals surface area contributed by atoms with E-state index < -0.39 is 0 Å². The van der Waals surface area contributed by atoms with Crippen LogP contribution in [0.4, 0.5) is 11.4 Å². The fourth-order valence-corrected chi connectivity index (χ4v) is 3.91. The highest BCUT2D eigenvalue weighted by Gasteiger charge is 2.24. The highest BCUT2D eigenvalue weighted by atomic mass is 79.9. The average molecular weight is 415 g/mol. The van der Waals surface area contributed by atoms with Crippen LogP contribution in [0.5, 0.6) is 0 Å². The lowest BCUT2D eigenvalue weighted by molar-refractivity contribution is 0.102. The molecule has 4 N–H and O–H groups in total. The summed E-state index contributed by atoms with van der Waals surface area (Å²) in [5, 5.41) is 3.82. The van der Waals surface area contributed by atoms with E-state index in [9.17, 15) is 4.79 Å². The zero-order chi connectivity index (χ0) is 18.1. The Balaban J connectivity index is 1.74. The van der Waals surface area contributed by atoms with E-state index in [0.29, 0.717) is 11.4 Å². The van der Waals surface area contributed by atoms with Crippen LogP contribution in [0.2, 0.25) is 0 Å². The summed E-state index contributed by atoms with van der Waals surface area (Å²) in [6, 6.07) is 5.39. The van der Waals surface area contributed by atoms with Crippen molar-refractivity contribution in [2.45, 2.75) is 18.9 Å². The predicted molar refractivity (Wildman–Crippen MR) is 105 cm³/mol. The highest BCUT2D eigenvalue weighted by Crippen LogP contribution is 2.38. The quantitative estimate of drug-likeness (QED) is 0.611. The maximum Gasteiger partial charge on any atom is 0.274 e. The summed E-state index contributed by atoms with van der Waals surface area (Å²) >= 11 is 3.62. The summed E-state index contributed by atoms with van der Waals surface area (Å²) in [7, 11) is 0. The third kappa shape index (κ3) is 3.17. The molecule has 8 heteroatoms. The minimum absolute atomic E-state index is 0.143. The van der Waals surface area contributed by atoms with Crippen LogP contribution in [0.1, 0.15) is 23.3 Å². The Hall–Kier alpha value is -2.45. The standard InChI is InChI=1S/C18H19BrN6O/c19-12-8-22-17-15(16(12)25-7-3-4-11(20)10-25)14(9-23-17)24-18(26)13-5-1-2-6-21-13/h1-2,5-6,8-9,11H,3-4,7,10,20H2,(H,22,23)(H,24,26). The molecule has 4 rings (SSSR count). The van der Waals surface area contributed by atoms with Crippen LogP contribution in [-0.4, -0.2) is 40.0 Å². The number of piperidine rings is 1. The highest BCUT2D eigenvalue weighted by molar-refractivity contribution is 9.10. The number of hydrogen-bond donors (Lipinski definition) is 3. The first-order valence-corrected chi connectivity index (χ1v) is 9.31. The van der Waals surface area contributed by atoms with Gasteiger partial charge in [-0.05, 0) is 40.9 Å². The van der Waals surface area contributed by atoms with E-state index in [1.165, 1.54) is 0 Å². The van der Waals surface area contributed by atoms with Gasteiger partial charge in [0.1, 0.15) is 11.3 Å². The van der Waals surface area contributed by atoms with E-state index >= 15 is 0 Å². The topological polar surface area (TPSA) is 99.9 Å². The Bertz CT molecular complexity index is 942. The van der Waals surface area contributed by atoms with E-state index in [4.69, 9.17) is 5.73 Å². The molecule has 0 spiro atoms. The lowest BCUT2D eigenvalue weighted by atomic mass is 10.1. The monoisotopic (exact) mass is 414 g/mol. The number of nitrogens with two attached hydrogens (primary N) is 1. The average Bonchev–Trinajstić information content (AvgIpc) is 3.05. The second kappa shape index (κ2) is 7.05. The lowest BCUT2D eigenvalue weighted by Gasteiger charge is -2.33. The molecule has 4 heterocycles. The van der Waals surface area contributed by atoms with Gasteiger partial charge in [0.25, 0.3) is 5.91 Å². The van der Waals surface area contributed by atoms with Crippen molar-refractivity contribution < 1.29 is 4.79 Å². The Kier molecular flexibility index (Phi) is 4.60. The number of H-pyrrole nitrogens is 1. The third-order valence-corrected chi connectivity index (χ3v) is 5.13. The molecule has 1 amide bonds. The van der Waals surface area contributed by atoms with E-state index in [1.807, 2.05) is 0 Å². The molecule has 0 aromatic carbocycles. The molecular formula is C18H19BrN6O. The molecule has 0 radical (unpaired) electrons. The molecule has 0 aliphatic carbocycles. The number of carbonyl (C=O) groups is 1. The number of anilines is 2. The van der Waals surface area contributed by atoms with Crippen molar-refractivity contribution in [3.63, 3.8) is 0 Å². The summed E-state index contributed by atoms with van der Waals surface area (Å²) in [6.07, 6.45) is 7.20. The number of rotatable bonds is 3. The van der Waals surface area contributed by atoms with Gasteiger partial charge in [-0.1, -0.05) is 6.07 Å². The SMILES string of the molecule is NC1CCCN(c2c(Br)cnc3[nH]cc(NC(=O)c4ccccn4)c23)C1. The van der Waals surface area contributed by atoms with Crippen LogP contribution < -0.4 is 16.0 Å². The molecule has 3 aromatic heterocycles. The number of hydrogen-bond acceptors (Lipinski definition) is 5. The molecule has 0 bridgehead atoms. The minimum atomic E-state index is -0.257. The zero-order valence-corrected chi connectivity index (χ0v) is 15.7. The maximum absolute atomic E-state index is 12.5. The first kappa shape index (κ1) is 17.0. The first-order valence-electron chi connectivity index (χ1n) is 8.52. The number of nitrogens with one attached hydrogen (secondary N) is 2. The third-order valence-electron chi connectivity index (χ3n) is 4.55. The molecule has 1 aliphatic heterocycles. The van der Waals surface area contributed by atoms with Crippen LogP contribution >= 0.6 is 15.9 Å². The van der Waals surface area contributed by atoms with Gasteiger partial charge in [-0.3, -0.25) is 9.78 Å². The van der Waals surface area contributed by atoms with Crippen molar-refractivity contribution in [1.29, 1.82) is 0 Å². The van der Waals surface area contributed by atoms with Crippen LogP contribution in [-0.2, 0) is 0 Å². The largest absolute Gasteiger partial charge is 0.368 e. The van der Waals surface area contributed by atoms with Crippen LogP contribution in [0, 0.1) is 0 Å². The number of pyridine rings is 2. The summed E-state index contributed by atoms with van der Waals surface area (Å²) in [5.41, 5.74) is 8.94. The molecule has 134 valence electrons. The van der Waals surface area contributed by atoms with E-state index in [0.717, 1.165) is 47.1 Å². The second-order valence-electron chi connectivity index (χ2n) is 6.40. The van der Waals surface area contributed by atoms with Gasteiger partial charge < -0.3 is 20.9 Å². The van der Waals surface area contributed by atoms with Crippen molar-refractivity contribution >= 4 is 44.2 Å². The van der Waals surface area contributed by atoms with Gasteiger partial charge in [-0.2, -0.15) is 0 Å². The van der Waals surface area contributed by atoms with Crippen LogP contribution in [0.15, 0.2) is 41.3 Å². The maximum atomic E-state index is 12.5. The summed E-state index contributed by atoms with van der Waals surface area (Å²) in [6.45, 7) is 1.70. The number of amides is 1. The first-order chi connectivity index (χ1) is 12.6. The van der Waals surface area contributed by atoms with Gasteiger partial charge in [0.2, 0.25) is 0 Å². The Morgan fingerprint density at radius 3 is 3.04 bits per heavy atom. The smallest absolute Gasteiger partial charge is 0.274 e. The molecule has 26 heavy (non-hydrogen) atoms. The van der Waals surface area contributed by atoms with Crippen LogP contribution in [0.3, 0.4) is 0 Å². The number of nitrogens with zero attached hydrogens (tertiary/aromatic N) is 3. The molecule has 1 atom stereocenters. The van der Waals surface area contributed by atoms with Gasteiger partial charge in [0.15, 0.2) is 0 Å². The molecule has 1 aliphatic rings. The normalized spacial score (nSPS) is 17.5. The van der Waals surface area contributed by atoms with Gasteiger partial charge in [-0.25, -0.2) is 4.98 Å². The number of carbonyl (C=O) groups excluding carboxylic acids is 1. The second-order valence-corrected chi connectivity index (χ2v) is 7.25. The van der Waals surface area contributed by atoms with Crippen molar-refractivity contribution in [3.8, 4) is 0 Å². The Morgan fingerprint density at radius 1 is 1.38 bits per heavy atom. The van der Waals surface area contributed by atoms with E-state index in [-0.39, 0.29) is 11.9 Å². The molecule has 0 saturated carbocycles. The van der Waals surface area contributed by atoms with Gasteiger partial charge in [-0.15, -0.1) is 0 Å². The Morgan fingerprint density at radius 2 is 2.27 bits per heavy atom. The van der Waals surface area contributed by atoms with Crippen molar-refractivity contribution in [2.75, 3.05) is 23.3 Å². The van der Waals surface area contributed by atoms with Gasteiger partial charge >= 0.3 is 0 Å². The van der Waals surface area contributed by atoms with Crippen molar-refractivity contribution in [3.05, 3.63) is 47.0 Å². The molecule has 1 fully saturated rings. The number of halogens is 1. The molecular weight excluding hydrogens is 396 g/mol. The van der Waals surface area contributed by atoms with Gasteiger partial charge in [0.05, 0.1) is 21.2 Å². The number of aromatic amines is 1. The van der Waals surface area contributed by atoms with E-state index in [1.54, 1.807) is 36.8 Å². The number of fused-ring (bicyclic) bond motifs is 1. The molecule has 3 aromatic rings. The summed E-state index contributed by atoms with van der Waals surface area (Å²) in [5.74, 6) is -0.257. The summed E-state index contributed by atoms with van der Waals surface area (Å²) < 4.78 is 0.882. The van der Waals surface area contributed by atoms with Gasteiger partial charge in [0, 0.05) is 37.7 Å². The predicted octanol–water partition coefficient (Wildman–Crippen LogP) is 2.90. The number of aromatic nitrogens is 3. The van der Waals surface area contributed by atoms with Crippen LogP contribution in [0.25, 0.3) is 11.0 Å². The lowest BCUT2D eigenvalue weighted by Crippen LogP contribution is -2.43. The van der Waals surface area contributed by atoms with Crippen molar-refractivity contribution in [1.82, 2.24) is 15.0 Å². The molecule has 1 saturated heterocycles. The fraction of sp³-hybridized carbons (Fsp3) is 0.278. The molecule has 1 unspecified atom stereocenters. The minimum Gasteiger partial charge on any atom is -0.368 e. The molecule has 7 nitrogen and oxygen atoms in total. The van der Waals surface area contributed by atoms with Crippen molar-refractivity contribution in [2.24, 2.45) is 5.73 Å². The summed E-state index contributed by atoms with van der Waals surface area (Å²) in [4.78, 5) is 26.5.